The number of thiophene rings is 1. The van der Waals surface area contributed by atoms with Gasteiger partial charge >= 0.3 is 0 Å². The summed E-state index contributed by atoms with van der Waals surface area (Å²) in [6.45, 7) is 1.92. The molecule has 5 nitrogen and oxygen atoms in total. The molecule has 4 rings (SSSR count). The van der Waals surface area contributed by atoms with E-state index in [1.54, 1.807) is 17.4 Å². The first-order valence-electron chi connectivity index (χ1n) is 9.08. The summed E-state index contributed by atoms with van der Waals surface area (Å²) in [5.41, 5.74) is 2.30. The average molecular weight is 389 g/mol. The molecule has 2 aromatic carbocycles. The van der Waals surface area contributed by atoms with E-state index >= 15 is 0 Å². The van der Waals surface area contributed by atoms with Crippen LogP contribution >= 0.6 is 11.3 Å². The number of hydrogen-bond donors (Lipinski definition) is 1. The van der Waals surface area contributed by atoms with Gasteiger partial charge in [-0.05, 0) is 41.6 Å². The van der Waals surface area contributed by atoms with Gasteiger partial charge in [-0.25, -0.2) is 4.68 Å². The lowest BCUT2D eigenvalue weighted by atomic mass is 10.1. The number of fused-ring (bicyclic) bond motifs is 1. The molecule has 2 aromatic heterocycles. The molecule has 6 heteroatoms. The van der Waals surface area contributed by atoms with E-state index in [2.05, 4.69) is 17.3 Å². The summed E-state index contributed by atoms with van der Waals surface area (Å²) in [5, 5.41) is 10.7. The van der Waals surface area contributed by atoms with Crippen LogP contribution in [0.5, 0.6) is 0 Å². The van der Waals surface area contributed by atoms with Crippen molar-refractivity contribution >= 4 is 33.7 Å². The number of carbonyl (C=O) groups is 1. The van der Waals surface area contributed by atoms with Crippen molar-refractivity contribution < 1.29 is 4.79 Å². The zero-order chi connectivity index (χ0) is 19.5. The van der Waals surface area contributed by atoms with Crippen LogP contribution in [0.2, 0.25) is 0 Å². The number of aryl methyl sites for hydroxylation is 1. The lowest BCUT2D eigenvalue weighted by molar-refractivity contribution is -0.117. The molecule has 140 valence electrons. The van der Waals surface area contributed by atoms with Gasteiger partial charge in [-0.2, -0.15) is 5.10 Å². The van der Waals surface area contributed by atoms with Crippen LogP contribution < -0.4 is 10.9 Å². The normalized spacial score (nSPS) is 10.9. The van der Waals surface area contributed by atoms with Gasteiger partial charge < -0.3 is 5.32 Å². The third-order valence-electron chi connectivity index (χ3n) is 4.53. The van der Waals surface area contributed by atoms with E-state index in [4.69, 9.17) is 0 Å². The molecular formula is C22H19N3O2S. The molecule has 1 N–H and O–H groups in total. The van der Waals surface area contributed by atoms with Crippen LogP contribution in [0.15, 0.2) is 70.8 Å². The van der Waals surface area contributed by atoms with Gasteiger partial charge in [0, 0.05) is 11.1 Å². The van der Waals surface area contributed by atoms with Gasteiger partial charge in [0.25, 0.3) is 5.56 Å². The van der Waals surface area contributed by atoms with Gasteiger partial charge in [0.15, 0.2) is 0 Å². The summed E-state index contributed by atoms with van der Waals surface area (Å²) in [6.07, 6.45) is 0.888. The fraction of sp³-hybridized carbons (Fsp3) is 0.136. The first kappa shape index (κ1) is 18.1. The van der Waals surface area contributed by atoms with Gasteiger partial charge in [0.05, 0.1) is 10.3 Å². The quantitative estimate of drug-likeness (QED) is 0.553. The van der Waals surface area contributed by atoms with Crippen LogP contribution in [-0.2, 0) is 17.8 Å². The number of nitrogens with one attached hydrogen (secondary N) is 1. The summed E-state index contributed by atoms with van der Waals surface area (Å²) in [6, 6.07) is 19.0. The van der Waals surface area contributed by atoms with Crippen molar-refractivity contribution in [2.24, 2.45) is 0 Å². The Hall–Kier alpha value is -3.25. The molecule has 0 radical (unpaired) electrons. The highest BCUT2D eigenvalue weighted by molar-refractivity contribution is 7.13. The number of amides is 1. The highest BCUT2D eigenvalue weighted by Gasteiger charge is 2.15. The molecule has 0 saturated heterocycles. The second-order valence-electron chi connectivity index (χ2n) is 6.44. The SMILES string of the molecule is CCc1cccc(NC(=O)Cn2nc(-c3cccs3)c3ccccc3c2=O)c1. The van der Waals surface area contributed by atoms with Gasteiger partial charge in [0.2, 0.25) is 5.91 Å². The first-order chi connectivity index (χ1) is 13.7. The van der Waals surface area contributed by atoms with Gasteiger partial charge in [-0.1, -0.05) is 43.3 Å². The monoisotopic (exact) mass is 389 g/mol. The maximum Gasteiger partial charge on any atom is 0.275 e. The molecule has 0 aliphatic rings. The molecule has 1 amide bonds. The van der Waals surface area contributed by atoms with Crippen molar-refractivity contribution in [3.05, 3.63) is 82.0 Å². The maximum absolute atomic E-state index is 12.9. The molecule has 0 atom stereocenters. The summed E-state index contributed by atoms with van der Waals surface area (Å²) in [5.74, 6) is -0.282. The Kier molecular flexibility index (Phi) is 5.04. The predicted octanol–water partition coefficient (Wildman–Crippen LogP) is 4.33. The van der Waals surface area contributed by atoms with E-state index in [9.17, 15) is 9.59 Å². The number of benzene rings is 2. The van der Waals surface area contributed by atoms with Crippen molar-refractivity contribution in [3.8, 4) is 10.6 Å². The first-order valence-corrected chi connectivity index (χ1v) is 9.96. The van der Waals surface area contributed by atoms with Gasteiger partial charge in [0.1, 0.15) is 12.2 Å². The molecule has 0 fully saturated rings. The minimum Gasteiger partial charge on any atom is -0.324 e. The fourth-order valence-electron chi connectivity index (χ4n) is 3.14. The second-order valence-corrected chi connectivity index (χ2v) is 7.38. The van der Waals surface area contributed by atoms with E-state index in [0.717, 1.165) is 27.9 Å². The Labute approximate surface area is 166 Å². The van der Waals surface area contributed by atoms with Gasteiger partial charge in [-0.3, -0.25) is 9.59 Å². The van der Waals surface area contributed by atoms with Crippen molar-refractivity contribution in [2.45, 2.75) is 19.9 Å². The molecular weight excluding hydrogens is 370 g/mol. The van der Waals surface area contributed by atoms with Crippen LogP contribution in [0.1, 0.15) is 12.5 Å². The Morgan fingerprint density at radius 3 is 2.64 bits per heavy atom. The molecule has 2 heterocycles. The third-order valence-corrected chi connectivity index (χ3v) is 5.41. The van der Waals surface area contributed by atoms with Crippen LogP contribution in [0, 0.1) is 0 Å². The fourth-order valence-corrected chi connectivity index (χ4v) is 3.87. The van der Waals surface area contributed by atoms with E-state index in [1.165, 1.54) is 4.68 Å². The minimum atomic E-state index is -0.282. The third kappa shape index (κ3) is 3.59. The zero-order valence-corrected chi connectivity index (χ0v) is 16.2. The van der Waals surface area contributed by atoms with Crippen molar-refractivity contribution in [1.29, 1.82) is 0 Å². The Bertz CT molecular complexity index is 1200. The predicted molar refractivity (Wildman–Crippen MR) is 114 cm³/mol. The van der Waals surface area contributed by atoms with Crippen molar-refractivity contribution in [2.75, 3.05) is 5.32 Å². The maximum atomic E-state index is 12.9. The zero-order valence-electron chi connectivity index (χ0n) is 15.4. The number of anilines is 1. The molecule has 4 aromatic rings. The van der Waals surface area contributed by atoms with Crippen molar-refractivity contribution in [1.82, 2.24) is 9.78 Å². The smallest absolute Gasteiger partial charge is 0.275 e. The second kappa shape index (κ2) is 7.78. The van der Waals surface area contributed by atoms with Crippen LogP contribution in [0.25, 0.3) is 21.3 Å². The van der Waals surface area contributed by atoms with Gasteiger partial charge in [-0.15, -0.1) is 11.3 Å². The number of carbonyl (C=O) groups excluding carboxylic acids is 1. The van der Waals surface area contributed by atoms with Crippen LogP contribution in [0.4, 0.5) is 5.69 Å². The Morgan fingerprint density at radius 2 is 1.89 bits per heavy atom. The summed E-state index contributed by atoms with van der Waals surface area (Å²) in [4.78, 5) is 26.4. The minimum absolute atomic E-state index is 0.140. The Balaban J connectivity index is 1.69. The Morgan fingerprint density at radius 1 is 1.07 bits per heavy atom. The summed E-state index contributed by atoms with van der Waals surface area (Å²) in [7, 11) is 0. The molecule has 0 spiro atoms. The molecule has 28 heavy (non-hydrogen) atoms. The van der Waals surface area contributed by atoms with E-state index in [1.807, 2.05) is 60.0 Å². The highest BCUT2D eigenvalue weighted by atomic mass is 32.1. The lowest BCUT2D eigenvalue weighted by Gasteiger charge is -2.11. The number of nitrogens with zero attached hydrogens (tertiary/aromatic N) is 2. The molecule has 0 bridgehead atoms. The van der Waals surface area contributed by atoms with Crippen LogP contribution in [0.3, 0.4) is 0 Å². The topological polar surface area (TPSA) is 64.0 Å². The lowest BCUT2D eigenvalue weighted by Crippen LogP contribution is -2.30. The molecule has 0 saturated carbocycles. The summed E-state index contributed by atoms with van der Waals surface area (Å²) < 4.78 is 1.25. The average Bonchev–Trinajstić information content (AvgIpc) is 3.25. The van der Waals surface area contributed by atoms with E-state index < -0.39 is 0 Å². The van der Waals surface area contributed by atoms with E-state index in [0.29, 0.717) is 11.1 Å². The number of hydrogen-bond acceptors (Lipinski definition) is 4. The van der Waals surface area contributed by atoms with Crippen molar-refractivity contribution in [3.63, 3.8) is 0 Å². The van der Waals surface area contributed by atoms with Crippen LogP contribution in [-0.4, -0.2) is 15.7 Å². The van der Waals surface area contributed by atoms with E-state index in [-0.39, 0.29) is 18.0 Å². The molecule has 0 aliphatic carbocycles. The largest absolute Gasteiger partial charge is 0.324 e. The number of rotatable bonds is 5. The summed E-state index contributed by atoms with van der Waals surface area (Å²) >= 11 is 1.55. The standard InChI is InChI=1S/C22H19N3O2S/c1-2-15-7-5-8-16(13-15)23-20(26)14-25-22(27)18-10-4-3-9-17(18)21(24-25)19-11-6-12-28-19/h3-13H,2,14H2,1H3,(H,23,26). The molecule has 0 aliphatic heterocycles. The highest BCUT2D eigenvalue weighted by Crippen LogP contribution is 2.28. The number of aromatic nitrogens is 2. The molecule has 0 unspecified atom stereocenters.